The Balaban J connectivity index is 2.53. The second kappa shape index (κ2) is 4.03. The molecular formula is C12H14BrN3. The summed E-state index contributed by atoms with van der Waals surface area (Å²) in [5, 5.41) is 0. The van der Waals surface area contributed by atoms with E-state index in [9.17, 15) is 0 Å². The SMILES string of the molecule is CC(C)(N)c1cncn1-c1cccc(Br)c1. The fraction of sp³-hybridized carbons (Fsp3) is 0.250. The lowest BCUT2D eigenvalue weighted by Crippen LogP contribution is -2.31. The van der Waals surface area contributed by atoms with Crippen LogP contribution >= 0.6 is 15.9 Å². The van der Waals surface area contributed by atoms with Crippen LogP contribution in [-0.4, -0.2) is 9.55 Å². The van der Waals surface area contributed by atoms with Crippen LogP contribution in [0.3, 0.4) is 0 Å². The summed E-state index contributed by atoms with van der Waals surface area (Å²) in [6, 6.07) is 8.05. The van der Waals surface area contributed by atoms with Crippen molar-refractivity contribution in [2.45, 2.75) is 19.4 Å². The van der Waals surface area contributed by atoms with Gasteiger partial charge in [-0.1, -0.05) is 22.0 Å². The molecule has 2 aromatic rings. The molecule has 0 saturated heterocycles. The van der Waals surface area contributed by atoms with E-state index in [2.05, 4.69) is 20.9 Å². The summed E-state index contributed by atoms with van der Waals surface area (Å²) in [5.74, 6) is 0. The molecule has 16 heavy (non-hydrogen) atoms. The van der Waals surface area contributed by atoms with Crippen LogP contribution in [0.2, 0.25) is 0 Å². The zero-order valence-electron chi connectivity index (χ0n) is 9.31. The Hall–Kier alpha value is -1.13. The van der Waals surface area contributed by atoms with Crippen LogP contribution in [0.15, 0.2) is 41.3 Å². The van der Waals surface area contributed by atoms with Crippen molar-refractivity contribution in [2.75, 3.05) is 0 Å². The van der Waals surface area contributed by atoms with Gasteiger partial charge >= 0.3 is 0 Å². The van der Waals surface area contributed by atoms with E-state index in [1.165, 1.54) is 0 Å². The maximum atomic E-state index is 6.10. The van der Waals surface area contributed by atoms with Gasteiger partial charge in [-0.05, 0) is 32.0 Å². The van der Waals surface area contributed by atoms with Gasteiger partial charge in [-0.25, -0.2) is 4.98 Å². The summed E-state index contributed by atoms with van der Waals surface area (Å²) < 4.78 is 3.05. The van der Waals surface area contributed by atoms with Crippen molar-refractivity contribution >= 4 is 15.9 Å². The summed E-state index contributed by atoms with van der Waals surface area (Å²) in [6.07, 6.45) is 3.59. The summed E-state index contributed by atoms with van der Waals surface area (Å²) >= 11 is 3.46. The van der Waals surface area contributed by atoms with E-state index < -0.39 is 5.54 Å². The second-order valence-electron chi connectivity index (χ2n) is 4.35. The summed E-state index contributed by atoms with van der Waals surface area (Å²) in [4.78, 5) is 4.16. The second-order valence-corrected chi connectivity index (χ2v) is 5.27. The van der Waals surface area contributed by atoms with Gasteiger partial charge in [-0.15, -0.1) is 0 Å². The Labute approximate surface area is 103 Å². The smallest absolute Gasteiger partial charge is 0.0994 e. The molecule has 0 aliphatic heterocycles. The number of halogens is 1. The van der Waals surface area contributed by atoms with Crippen LogP contribution in [0.4, 0.5) is 0 Å². The molecule has 3 nitrogen and oxygen atoms in total. The molecule has 0 amide bonds. The molecule has 4 heteroatoms. The average Bonchev–Trinajstić information content (AvgIpc) is 2.65. The fourth-order valence-electron chi connectivity index (χ4n) is 1.60. The highest BCUT2D eigenvalue weighted by Gasteiger charge is 2.19. The quantitative estimate of drug-likeness (QED) is 0.919. The third kappa shape index (κ3) is 2.18. The summed E-state index contributed by atoms with van der Waals surface area (Å²) in [5.41, 5.74) is 7.75. The lowest BCUT2D eigenvalue weighted by atomic mass is 10.0. The molecule has 2 rings (SSSR count). The molecule has 0 fully saturated rings. The third-order valence-corrected chi connectivity index (χ3v) is 2.88. The van der Waals surface area contributed by atoms with Crippen molar-refractivity contribution in [3.8, 4) is 5.69 Å². The molecule has 0 radical (unpaired) electrons. The normalized spacial score (nSPS) is 11.8. The minimum absolute atomic E-state index is 0.404. The molecule has 0 aliphatic carbocycles. The van der Waals surface area contributed by atoms with E-state index >= 15 is 0 Å². The zero-order chi connectivity index (χ0) is 11.8. The lowest BCUT2D eigenvalue weighted by Gasteiger charge is -2.20. The average molecular weight is 280 g/mol. The Bertz CT molecular complexity index is 497. The first-order chi connectivity index (χ1) is 7.48. The van der Waals surface area contributed by atoms with Gasteiger partial charge in [0.15, 0.2) is 0 Å². The number of hydrogen-bond acceptors (Lipinski definition) is 2. The highest BCUT2D eigenvalue weighted by molar-refractivity contribution is 9.10. The predicted octanol–water partition coefficient (Wildman–Crippen LogP) is 2.83. The van der Waals surface area contributed by atoms with Gasteiger partial charge in [-0.3, -0.25) is 0 Å². The van der Waals surface area contributed by atoms with Gasteiger partial charge in [0.2, 0.25) is 0 Å². The third-order valence-electron chi connectivity index (χ3n) is 2.39. The van der Waals surface area contributed by atoms with E-state index in [0.29, 0.717) is 0 Å². The predicted molar refractivity (Wildman–Crippen MR) is 68.5 cm³/mol. The van der Waals surface area contributed by atoms with E-state index in [1.54, 1.807) is 12.5 Å². The maximum Gasteiger partial charge on any atom is 0.0994 e. The van der Waals surface area contributed by atoms with Gasteiger partial charge in [0.25, 0.3) is 0 Å². The first-order valence-electron chi connectivity index (χ1n) is 5.06. The van der Waals surface area contributed by atoms with Crippen LogP contribution < -0.4 is 5.73 Å². The van der Waals surface area contributed by atoms with Gasteiger partial charge in [0.1, 0.15) is 0 Å². The molecule has 0 unspecified atom stereocenters. The Morgan fingerprint density at radius 1 is 1.38 bits per heavy atom. The summed E-state index contributed by atoms with van der Waals surface area (Å²) in [7, 11) is 0. The Kier molecular flexibility index (Phi) is 2.86. The van der Waals surface area contributed by atoms with Crippen molar-refractivity contribution in [3.05, 3.63) is 47.0 Å². The molecule has 2 N–H and O–H groups in total. The number of hydrogen-bond donors (Lipinski definition) is 1. The van der Waals surface area contributed by atoms with Crippen LogP contribution in [0.25, 0.3) is 5.69 Å². The number of imidazole rings is 1. The van der Waals surface area contributed by atoms with Crippen molar-refractivity contribution in [2.24, 2.45) is 5.73 Å². The van der Waals surface area contributed by atoms with E-state index in [4.69, 9.17) is 5.73 Å². The zero-order valence-corrected chi connectivity index (χ0v) is 10.9. The van der Waals surface area contributed by atoms with Gasteiger partial charge in [-0.2, -0.15) is 0 Å². The number of nitrogens with zero attached hydrogens (tertiary/aromatic N) is 2. The van der Waals surface area contributed by atoms with Gasteiger partial charge in [0, 0.05) is 10.2 Å². The maximum absolute atomic E-state index is 6.10. The standard InChI is InChI=1S/C12H14BrN3/c1-12(2,14)11-7-15-8-16(11)10-5-3-4-9(13)6-10/h3-8H,14H2,1-2H3. The molecule has 0 spiro atoms. The van der Waals surface area contributed by atoms with Gasteiger partial charge < -0.3 is 10.3 Å². The molecule has 1 aromatic heterocycles. The highest BCUT2D eigenvalue weighted by atomic mass is 79.9. The molecule has 0 bridgehead atoms. The molecule has 1 heterocycles. The largest absolute Gasteiger partial charge is 0.321 e. The van der Waals surface area contributed by atoms with Crippen molar-refractivity contribution in [3.63, 3.8) is 0 Å². The fourth-order valence-corrected chi connectivity index (χ4v) is 1.99. The van der Waals surface area contributed by atoms with Crippen molar-refractivity contribution < 1.29 is 0 Å². The first-order valence-corrected chi connectivity index (χ1v) is 5.85. The number of benzene rings is 1. The van der Waals surface area contributed by atoms with Crippen molar-refractivity contribution in [1.82, 2.24) is 9.55 Å². The van der Waals surface area contributed by atoms with Gasteiger partial charge in [0.05, 0.1) is 23.8 Å². The molecule has 0 aliphatic rings. The molecule has 1 aromatic carbocycles. The minimum atomic E-state index is -0.404. The molecule has 84 valence electrons. The topological polar surface area (TPSA) is 43.8 Å². The van der Waals surface area contributed by atoms with Crippen LogP contribution in [0, 0.1) is 0 Å². The van der Waals surface area contributed by atoms with E-state index in [-0.39, 0.29) is 0 Å². The molecular weight excluding hydrogens is 266 g/mol. The molecule has 0 atom stereocenters. The van der Waals surface area contributed by atoms with E-state index in [1.807, 2.05) is 42.7 Å². The van der Waals surface area contributed by atoms with E-state index in [0.717, 1.165) is 15.9 Å². The van der Waals surface area contributed by atoms with Crippen LogP contribution in [0.5, 0.6) is 0 Å². The number of rotatable bonds is 2. The Morgan fingerprint density at radius 2 is 2.12 bits per heavy atom. The monoisotopic (exact) mass is 279 g/mol. The van der Waals surface area contributed by atoms with Crippen LogP contribution in [-0.2, 0) is 5.54 Å². The highest BCUT2D eigenvalue weighted by Crippen LogP contribution is 2.22. The summed E-state index contributed by atoms with van der Waals surface area (Å²) in [6.45, 7) is 3.94. The molecule has 0 saturated carbocycles. The minimum Gasteiger partial charge on any atom is -0.321 e. The number of nitrogens with two attached hydrogens (primary N) is 1. The first kappa shape index (κ1) is 11.4. The lowest BCUT2D eigenvalue weighted by molar-refractivity contribution is 0.524. The van der Waals surface area contributed by atoms with Crippen LogP contribution in [0.1, 0.15) is 19.5 Å². The number of aromatic nitrogens is 2. The van der Waals surface area contributed by atoms with Crippen molar-refractivity contribution in [1.29, 1.82) is 0 Å². The Morgan fingerprint density at radius 3 is 2.75 bits per heavy atom.